The lowest BCUT2D eigenvalue weighted by molar-refractivity contribution is 0.669. The van der Waals surface area contributed by atoms with Gasteiger partial charge in [-0.1, -0.05) is 72.8 Å². The SMILES string of the molecule is c1cc(-c2ccc3oc4ccccc4c3c2)cc(-n2c3sc4ccccc4c3c3c4ccccc4sc32)c1. The van der Waals surface area contributed by atoms with Gasteiger partial charge in [0.25, 0.3) is 0 Å². The van der Waals surface area contributed by atoms with Gasteiger partial charge in [-0.3, -0.25) is 4.57 Å². The molecule has 9 aromatic rings. The van der Waals surface area contributed by atoms with Crippen molar-refractivity contribution in [3.05, 3.63) is 115 Å². The van der Waals surface area contributed by atoms with E-state index in [0.29, 0.717) is 0 Å². The Labute approximate surface area is 225 Å². The molecule has 0 fully saturated rings. The summed E-state index contributed by atoms with van der Waals surface area (Å²) in [5, 5.41) is 7.74. The van der Waals surface area contributed by atoms with Crippen molar-refractivity contribution in [3.63, 3.8) is 0 Å². The molecule has 0 unspecified atom stereocenters. The normalized spacial score (nSPS) is 12.2. The molecule has 0 saturated carbocycles. The highest BCUT2D eigenvalue weighted by Crippen LogP contribution is 2.48. The zero-order chi connectivity index (χ0) is 24.8. The largest absolute Gasteiger partial charge is 0.456 e. The van der Waals surface area contributed by atoms with Gasteiger partial charge in [-0.25, -0.2) is 0 Å². The average molecular weight is 522 g/mol. The fourth-order valence-electron chi connectivity index (χ4n) is 5.92. The summed E-state index contributed by atoms with van der Waals surface area (Å²) in [6.45, 7) is 0. The van der Waals surface area contributed by atoms with Crippen LogP contribution in [0.15, 0.2) is 120 Å². The summed E-state index contributed by atoms with van der Waals surface area (Å²) in [4.78, 5) is 2.62. The maximum Gasteiger partial charge on any atom is 0.135 e. The molecule has 178 valence electrons. The maximum absolute atomic E-state index is 6.08. The molecule has 0 spiro atoms. The average Bonchev–Trinajstić information content (AvgIpc) is 3.69. The van der Waals surface area contributed by atoms with Gasteiger partial charge >= 0.3 is 0 Å². The van der Waals surface area contributed by atoms with Crippen molar-refractivity contribution in [2.24, 2.45) is 0 Å². The second kappa shape index (κ2) is 7.57. The molecule has 4 heteroatoms. The third-order valence-corrected chi connectivity index (χ3v) is 9.94. The van der Waals surface area contributed by atoms with Crippen molar-refractivity contribution >= 4 is 85.2 Å². The van der Waals surface area contributed by atoms with Gasteiger partial charge in [-0.15, -0.1) is 22.7 Å². The second-order valence-electron chi connectivity index (χ2n) is 9.75. The Morgan fingerprint density at radius 2 is 1.08 bits per heavy atom. The Kier molecular flexibility index (Phi) is 4.12. The van der Waals surface area contributed by atoms with Crippen LogP contribution in [0.1, 0.15) is 0 Å². The van der Waals surface area contributed by atoms with E-state index in [0.717, 1.165) is 21.9 Å². The van der Waals surface area contributed by atoms with Crippen LogP contribution < -0.4 is 0 Å². The first-order chi connectivity index (χ1) is 18.8. The summed E-state index contributed by atoms with van der Waals surface area (Å²) in [6.07, 6.45) is 0. The van der Waals surface area contributed by atoms with Crippen LogP contribution in [-0.4, -0.2) is 4.57 Å². The number of hydrogen-bond acceptors (Lipinski definition) is 3. The molecule has 4 heterocycles. The standard InChI is InChI=1S/C34H19NOS2/c1-4-13-27-23(10-1)26-19-21(16-17-28(26)36-27)20-8-7-9-22(18-20)35-33-31(24-11-2-5-14-29(24)37-33)32-25-12-3-6-15-30(25)38-34(32)35/h1-19H. The van der Waals surface area contributed by atoms with Gasteiger partial charge in [-0.2, -0.15) is 0 Å². The van der Waals surface area contributed by atoms with Crippen molar-refractivity contribution in [1.82, 2.24) is 4.57 Å². The fraction of sp³-hybridized carbons (Fsp3) is 0. The molecule has 0 aliphatic heterocycles. The Hall–Kier alpha value is -4.38. The third kappa shape index (κ3) is 2.76. The Balaban J connectivity index is 1.33. The Morgan fingerprint density at radius 1 is 0.474 bits per heavy atom. The predicted octanol–water partition coefficient (Wildman–Crippen LogP) is 10.8. The third-order valence-electron chi connectivity index (χ3n) is 7.62. The summed E-state index contributed by atoms with van der Waals surface area (Å²) in [7, 11) is 0. The number of nitrogens with zero attached hydrogens (tertiary/aromatic N) is 1. The molecule has 0 atom stereocenters. The Morgan fingerprint density at radius 3 is 1.82 bits per heavy atom. The summed E-state index contributed by atoms with van der Waals surface area (Å²) in [5.74, 6) is 0. The van der Waals surface area contributed by atoms with Gasteiger partial charge in [0, 0.05) is 47.4 Å². The summed E-state index contributed by atoms with van der Waals surface area (Å²) in [6, 6.07) is 41.4. The van der Waals surface area contributed by atoms with E-state index in [1.165, 1.54) is 57.4 Å². The number of benzene rings is 5. The summed E-state index contributed by atoms with van der Waals surface area (Å²) in [5.41, 5.74) is 5.44. The van der Waals surface area contributed by atoms with Gasteiger partial charge < -0.3 is 4.42 Å². The minimum Gasteiger partial charge on any atom is -0.456 e. The molecule has 9 rings (SSSR count). The van der Waals surface area contributed by atoms with Gasteiger partial charge in [0.15, 0.2) is 0 Å². The highest BCUT2D eigenvalue weighted by Gasteiger charge is 2.21. The first-order valence-electron chi connectivity index (χ1n) is 12.7. The number of furan rings is 1. The van der Waals surface area contributed by atoms with E-state index >= 15 is 0 Å². The lowest BCUT2D eigenvalue weighted by atomic mass is 10.0. The lowest BCUT2D eigenvalue weighted by Gasteiger charge is -2.09. The van der Waals surface area contributed by atoms with E-state index in [1.54, 1.807) is 0 Å². The zero-order valence-electron chi connectivity index (χ0n) is 20.1. The zero-order valence-corrected chi connectivity index (χ0v) is 21.8. The van der Waals surface area contributed by atoms with Crippen LogP contribution in [0.5, 0.6) is 0 Å². The monoisotopic (exact) mass is 521 g/mol. The topological polar surface area (TPSA) is 18.1 Å². The van der Waals surface area contributed by atoms with Crippen molar-refractivity contribution < 1.29 is 4.42 Å². The number of para-hydroxylation sites is 1. The summed E-state index contributed by atoms with van der Waals surface area (Å²) < 4.78 is 11.2. The molecule has 38 heavy (non-hydrogen) atoms. The summed E-state index contributed by atoms with van der Waals surface area (Å²) >= 11 is 3.77. The first-order valence-corrected chi connectivity index (χ1v) is 14.3. The molecule has 0 aliphatic carbocycles. The van der Waals surface area contributed by atoms with E-state index in [1.807, 2.05) is 34.8 Å². The molecule has 0 aliphatic rings. The number of hydrogen-bond donors (Lipinski definition) is 0. The van der Waals surface area contributed by atoms with E-state index < -0.39 is 0 Å². The van der Waals surface area contributed by atoms with Gasteiger partial charge in [-0.05, 0) is 53.6 Å². The fourth-order valence-corrected chi connectivity index (χ4v) is 8.45. The van der Waals surface area contributed by atoms with Crippen LogP contribution >= 0.6 is 22.7 Å². The van der Waals surface area contributed by atoms with Crippen LogP contribution in [0, 0.1) is 0 Å². The van der Waals surface area contributed by atoms with Crippen LogP contribution in [0.2, 0.25) is 0 Å². The molecule has 0 saturated heterocycles. The van der Waals surface area contributed by atoms with Crippen LogP contribution in [0.4, 0.5) is 0 Å². The molecule has 0 N–H and O–H groups in total. The predicted molar refractivity (Wildman–Crippen MR) is 164 cm³/mol. The number of fused-ring (bicyclic) bond motifs is 10. The van der Waals surface area contributed by atoms with Crippen LogP contribution in [0.25, 0.3) is 79.4 Å². The van der Waals surface area contributed by atoms with Crippen LogP contribution in [0.3, 0.4) is 0 Å². The number of aromatic nitrogens is 1. The van der Waals surface area contributed by atoms with E-state index in [4.69, 9.17) is 4.42 Å². The van der Waals surface area contributed by atoms with Crippen molar-refractivity contribution in [3.8, 4) is 16.8 Å². The lowest BCUT2D eigenvalue weighted by Crippen LogP contribution is -1.91. The van der Waals surface area contributed by atoms with E-state index in [2.05, 4.69) is 108 Å². The first kappa shape index (κ1) is 20.7. The maximum atomic E-state index is 6.08. The minimum absolute atomic E-state index is 0.926. The molecular formula is C34H19NOS2. The number of thiophene rings is 2. The highest BCUT2D eigenvalue weighted by molar-refractivity contribution is 7.28. The molecule has 0 bridgehead atoms. The van der Waals surface area contributed by atoms with Crippen molar-refractivity contribution in [2.75, 3.05) is 0 Å². The van der Waals surface area contributed by atoms with Crippen molar-refractivity contribution in [2.45, 2.75) is 0 Å². The molecule has 0 radical (unpaired) electrons. The number of rotatable bonds is 2. The van der Waals surface area contributed by atoms with Gasteiger partial charge in [0.2, 0.25) is 0 Å². The molecular weight excluding hydrogens is 503 g/mol. The highest BCUT2D eigenvalue weighted by atomic mass is 32.1. The van der Waals surface area contributed by atoms with Gasteiger partial charge in [0.05, 0.1) is 0 Å². The molecule has 4 aromatic heterocycles. The van der Waals surface area contributed by atoms with Crippen LogP contribution in [-0.2, 0) is 0 Å². The second-order valence-corrected chi connectivity index (χ2v) is 11.8. The molecule has 0 amide bonds. The molecule has 2 nitrogen and oxygen atoms in total. The van der Waals surface area contributed by atoms with E-state index in [9.17, 15) is 0 Å². The minimum atomic E-state index is 0.926. The smallest absolute Gasteiger partial charge is 0.135 e. The molecule has 5 aromatic carbocycles. The van der Waals surface area contributed by atoms with E-state index in [-0.39, 0.29) is 0 Å². The quantitative estimate of drug-likeness (QED) is 0.221. The van der Waals surface area contributed by atoms with Crippen molar-refractivity contribution in [1.29, 1.82) is 0 Å². The van der Waals surface area contributed by atoms with Gasteiger partial charge in [0.1, 0.15) is 20.8 Å². The Bertz CT molecular complexity index is 2270.